The smallest absolute Gasteiger partial charge is 0.240 e. The van der Waals surface area contributed by atoms with Crippen LogP contribution in [0.15, 0.2) is 29.2 Å². The molecule has 110 valence electrons. The van der Waals surface area contributed by atoms with Crippen molar-refractivity contribution in [3.8, 4) is 0 Å². The summed E-state index contributed by atoms with van der Waals surface area (Å²) in [6, 6.07) is 6.28. The Morgan fingerprint density at radius 2 is 1.90 bits per heavy atom. The molecule has 1 aromatic rings. The Balaban J connectivity index is 2.68. The summed E-state index contributed by atoms with van der Waals surface area (Å²) in [5.41, 5.74) is 6.27. The zero-order valence-electron chi connectivity index (χ0n) is 11.0. The van der Waals surface area contributed by atoms with Crippen molar-refractivity contribution in [3.05, 3.63) is 29.8 Å². The van der Waals surface area contributed by atoms with Crippen LogP contribution in [0.2, 0.25) is 0 Å². The number of nitrogens with one attached hydrogen (secondary N) is 2. The van der Waals surface area contributed by atoms with Gasteiger partial charge in [0, 0.05) is 26.4 Å². The molecule has 0 radical (unpaired) electrons. The Bertz CT molecular complexity index is 582. The highest BCUT2D eigenvalue weighted by atomic mass is 32.2. The van der Waals surface area contributed by atoms with Crippen molar-refractivity contribution < 1.29 is 13.2 Å². The summed E-state index contributed by atoms with van der Waals surface area (Å²) in [4.78, 5) is 11.5. The number of hydrogen-bond donors (Lipinski definition) is 3. The minimum Gasteiger partial charge on any atom is -0.393 e. The SMILES string of the molecule is CNC(=O)CCNS(=O)(=O)c1ccc(CC(N)=S)cc1. The number of carbonyl (C=O) groups is 1. The second kappa shape index (κ2) is 7.32. The van der Waals surface area contributed by atoms with Gasteiger partial charge in [-0.05, 0) is 17.7 Å². The van der Waals surface area contributed by atoms with Crippen molar-refractivity contribution in [3.63, 3.8) is 0 Å². The summed E-state index contributed by atoms with van der Waals surface area (Å²) >= 11 is 4.79. The first kappa shape index (κ1) is 16.5. The van der Waals surface area contributed by atoms with E-state index in [1.165, 1.54) is 19.2 Å². The quantitative estimate of drug-likeness (QED) is 0.611. The predicted octanol–water partition coefficient (Wildman–Crippen LogP) is -0.0704. The molecule has 8 heteroatoms. The van der Waals surface area contributed by atoms with Crippen LogP contribution in [0.5, 0.6) is 0 Å². The fourth-order valence-corrected chi connectivity index (χ4v) is 2.69. The summed E-state index contributed by atoms with van der Waals surface area (Å²) in [6.45, 7) is 0.0522. The number of nitrogens with two attached hydrogens (primary N) is 1. The molecule has 0 fully saturated rings. The van der Waals surface area contributed by atoms with E-state index >= 15 is 0 Å². The Labute approximate surface area is 123 Å². The molecule has 0 heterocycles. The van der Waals surface area contributed by atoms with Crippen LogP contribution >= 0.6 is 12.2 Å². The van der Waals surface area contributed by atoms with E-state index in [0.29, 0.717) is 11.4 Å². The maximum atomic E-state index is 11.9. The molecule has 0 aliphatic heterocycles. The topological polar surface area (TPSA) is 101 Å². The fraction of sp³-hybridized carbons (Fsp3) is 0.333. The van der Waals surface area contributed by atoms with Crippen LogP contribution in [0.3, 0.4) is 0 Å². The summed E-state index contributed by atoms with van der Waals surface area (Å²) in [5.74, 6) is -0.223. The zero-order chi connectivity index (χ0) is 15.2. The fourth-order valence-electron chi connectivity index (χ4n) is 1.49. The maximum Gasteiger partial charge on any atom is 0.240 e. The maximum absolute atomic E-state index is 11.9. The molecular formula is C12H17N3O3S2. The van der Waals surface area contributed by atoms with Crippen LogP contribution in [0, 0.1) is 0 Å². The number of benzene rings is 1. The van der Waals surface area contributed by atoms with Crippen LogP contribution in [0.1, 0.15) is 12.0 Å². The highest BCUT2D eigenvalue weighted by Crippen LogP contribution is 2.11. The normalized spacial score (nSPS) is 11.1. The van der Waals surface area contributed by atoms with E-state index in [9.17, 15) is 13.2 Å². The van der Waals surface area contributed by atoms with Gasteiger partial charge >= 0.3 is 0 Å². The van der Waals surface area contributed by atoms with Gasteiger partial charge in [-0.1, -0.05) is 24.4 Å². The molecule has 6 nitrogen and oxygen atoms in total. The largest absolute Gasteiger partial charge is 0.393 e. The van der Waals surface area contributed by atoms with E-state index in [4.69, 9.17) is 18.0 Å². The van der Waals surface area contributed by atoms with Gasteiger partial charge in [0.2, 0.25) is 15.9 Å². The molecule has 1 aromatic carbocycles. The molecule has 1 amide bonds. The van der Waals surface area contributed by atoms with Gasteiger partial charge in [-0.3, -0.25) is 4.79 Å². The van der Waals surface area contributed by atoms with Gasteiger partial charge in [-0.2, -0.15) is 0 Å². The summed E-state index contributed by atoms with van der Waals surface area (Å²) in [6.07, 6.45) is 0.523. The molecule has 0 atom stereocenters. The third-order valence-corrected chi connectivity index (χ3v) is 4.16. The number of hydrogen-bond acceptors (Lipinski definition) is 4. The van der Waals surface area contributed by atoms with E-state index < -0.39 is 10.0 Å². The van der Waals surface area contributed by atoms with Gasteiger partial charge in [0.1, 0.15) is 0 Å². The molecule has 0 spiro atoms. The van der Waals surface area contributed by atoms with Crippen LogP contribution in [0.4, 0.5) is 0 Å². The van der Waals surface area contributed by atoms with Gasteiger partial charge in [0.25, 0.3) is 0 Å². The minimum absolute atomic E-state index is 0.0522. The molecule has 0 saturated carbocycles. The first-order valence-corrected chi connectivity index (χ1v) is 7.82. The average molecular weight is 315 g/mol. The van der Waals surface area contributed by atoms with Crippen molar-refractivity contribution in [1.29, 1.82) is 0 Å². The molecule has 0 aromatic heterocycles. The number of sulfonamides is 1. The van der Waals surface area contributed by atoms with E-state index in [-0.39, 0.29) is 23.8 Å². The van der Waals surface area contributed by atoms with E-state index in [2.05, 4.69) is 10.0 Å². The Morgan fingerprint density at radius 1 is 1.30 bits per heavy atom. The van der Waals surface area contributed by atoms with Crippen molar-refractivity contribution >= 4 is 33.1 Å². The van der Waals surface area contributed by atoms with Crippen LogP contribution in [-0.2, 0) is 21.2 Å². The van der Waals surface area contributed by atoms with Gasteiger partial charge in [-0.25, -0.2) is 13.1 Å². The predicted molar refractivity (Wildman–Crippen MR) is 80.8 cm³/mol. The number of amides is 1. The van der Waals surface area contributed by atoms with Gasteiger partial charge < -0.3 is 11.1 Å². The van der Waals surface area contributed by atoms with Crippen molar-refractivity contribution in [2.45, 2.75) is 17.7 Å². The molecule has 0 aliphatic rings. The van der Waals surface area contributed by atoms with E-state index in [1.54, 1.807) is 12.1 Å². The Hall–Kier alpha value is -1.51. The van der Waals surface area contributed by atoms with E-state index in [1.807, 2.05) is 0 Å². The zero-order valence-corrected chi connectivity index (χ0v) is 12.7. The first-order valence-electron chi connectivity index (χ1n) is 5.92. The lowest BCUT2D eigenvalue weighted by Gasteiger charge is -2.07. The van der Waals surface area contributed by atoms with Crippen molar-refractivity contribution in [1.82, 2.24) is 10.0 Å². The second-order valence-corrected chi connectivity index (χ2v) is 6.40. The second-order valence-electron chi connectivity index (χ2n) is 4.11. The Kier molecular flexibility index (Phi) is 6.05. The highest BCUT2D eigenvalue weighted by Gasteiger charge is 2.13. The molecule has 0 unspecified atom stereocenters. The van der Waals surface area contributed by atoms with Crippen LogP contribution < -0.4 is 15.8 Å². The van der Waals surface area contributed by atoms with E-state index in [0.717, 1.165) is 5.56 Å². The molecule has 1 rings (SSSR count). The molecule has 20 heavy (non-hydrogen) atoms. The molecule has 4 N–H and O–H groups in total. The van der Waals surface area contributed by atoms with Gasteiger partial charge in [0.05, 0.1) is 9.88 Å². The number of carbonyl (C=O) groups excluding carboxylic acids is 1. The molecular weight excluding hydrogens is 298 g/mol. The third-order valence-electron chi connectivity index (χ3n) is 2.53. The average Bonchev–Trinajstić information content (AvgIpc) is 2.38. The van der Waals surface area contributed by atoms with Crippen LogP contribution in [-0.4, -0.2) is 32.9 Å². The minimum atomic E-state index is -3.60. The summed E-state index contributed by atoms with van der Waals surface area (Å²) in [5, 5.41) is 2.42. The number of thiocarbonyl (C=S) groups is 1. The molecule has 0 aliphatic carbocycles. The highest BCUT2D eigenvalue weighted by molar-refractivity contribution is 7.89. The molecule has 0 saturated heterocycles. The first-order chi connectivity index (χ1) is 9.35. The summed E-state index contributed by atoms with van der Waals surface area (Å²) in [7, 11) is -2.11. The lowest BCUT2D eigenvalue weighted by molar-refractivity contribution is -0.120. The monoisotopic (exact) mass is 315 g/mol. The summed E-state index contributed by atoms with van der Waals surface area (Å²) < 4.78 is 26.2. The lowest BCUT2D eigenvalue weighted by Crippen LogP contribution is -2.29. The number of rotatable bonds is 7. The van der Waals surface area contributed by atoms with Crippen LogP contribution in [0.25, 0.3) is 0 Å². The lowest BCUT2D eigenvalue weighted by atomic mass is 10.1. The Morgan fingerprint density at radius 3 is 2.40 bits per heavy atom. The van der Waals surface area contributed by atoms with Crippen molar-refractivity contribution in [2.24, 2.45) is 5.73 Å². The third kappa shape index (κ3) is 5.24. The van der Waals surface area contributed by atoms with Gasteiger partial charge in [-0.15, -0.1) is 0 Å². The van der Waals surface area contributed by atoms with Crippen molar-refractivity contribution in [2.75, 3.05) is 13.6 Å². The molecule has 0 bridgehead atoms. The van der Waals surface area contributed by atoms with Gasteiger partial charge in [0.15, 0.2) is 0 Å². The standard InChI is InChI=1S/C12H17N3O3S2/c1-14-12(16)6-7-15-20(17,18)10-4-2-9(3-5-10)8-11(13)19/h2-5,15H,6-8H2,1H3,(H2,13,19)(H,14,16).